The molecule has 0 spiro atoms. The molecule has 2 N–H and O–H groups in total. The van der Waals surface area contributed by atoms with Gasteiger partial charge < -0.3 is 24.5 Å². The lowest BCUT2D eigenvalue weighted by molar-refractivity contribution is -0.139. The average Bonchev–Trinajstić information content (AvgIpc) is 3.23. The number of fused-ring (bicyclic) bond motifs is 4. The molecule has 3 aromatic rings. The second kappa shape index (κ2) is 8.30. The molecule has 3 aliphatic rings. The number of likely N-dealkylation sites (tertiary alicyclic amines) is 1. The lowest BCUT2D eigenvalue weighted by Crippen LogP contribution is -2.32. The number of hydrogen-bond acceptors (Lipinski definition) is 5. The van der Waals surface area contributed by atoms with Gasteiger partial charge in [0.15, 0.2) is 5.76 Å². The minimum absolute atomic E-state index is 0.0200. The fourth-order valence-electron chi connectivity index (χ4n) is 5.61. The molecule has 2 unspecified atom stereocenters. The molecular weight excluding hydrogens is 448 g/mol. The standard InChI is InChI=1S/C27H24N2O6/c30-25(29-12-20-21(13-29)24(20)26(31)32)23-10-9-15(35-23)11-28-27(33)34-14-22-18-7-3-1-5-16(18)17-6-2-4-8-19(17)22/h1-10,20-22,24H,11-14H2,(H,28,33)(H,31,32). The topological polar surface area (TPSA) is 109 Å². The maximum Gasteiger partial charge on any atom is 0.407 e. The van der Waals surface area contributed by atoms with E-state index in [-0.39, 0.29) is 48.5 Å². The summed E-state index contributed by atoms with van der Waals surface area (Å²) in [5, 5.41) is 11.8. The predicted octanol–water partition coefficient (Wildman–Crippen LogP) is 3.72. The van der Waals surface area contributed by atoms with Gasteiger partial charge in [0, 0.05) is 19.0 Å². The van der Waals surface area contributed by atoms with Crippen molar-refractivity contribution in [2.75, 3.05) is 19.7 Å². The summed E-state index contributed by atoms with van der Waals surface area (Å²) in [7, 11) is 0. The van der Waals surface area contributed by atoms with Gasteiger partial charge in [0.25, 0.3) is 5.91 Å². The van der Waals surface area contributed by atoms with Gasteiger partial charge >= 0.3 is 12.1 Å². The van der Waals surface area contributed by atoms with Crippen LogP contribution in [0.4, 0.5) is 4.79 Å². The monoisotopic (exact) mass is 472 g/mol. The molecule has 2 heterocycles. The van der Waals surface area contributed by atoms with Crippen LogP contribution in [-0.4, -0.2) is 47.7 Å². The molecule has 1 saturated heterocycles. The van der Waals surface area contributed by atoms with E-state index in [0.29, 0.717) is 18.8 Å². The van der Waals surface area contributed by atoms with E-state index in [1.54, 1.807) is 17.0 Å². The van der Waals surface area contributed by atoms with Crippen LogP contribution in [0, 0.1) is 17.8 Å². The number of carbonyl (C=O) groups is 3. The molecule has 35 heavy (non-hydrogen) atoms. The third kappa shape index (κ3) is 3.75. The number of amides is 2. The fraction of sp³-hybridized carbons (Fsp3) is 0.296. The molecule has 1 aliphatic heterocycles. The molecule has 1 saturated carbocycles. The number of carboxylic acids is 1. The highest BCUT2D eigenvalue weighted by Crippen LogP contribution is 2.52. The number of nitrogens with zero attached hydrogens (tertiary/aromatic N) is 1. The Morgan fingerprint density at radius 2 is 1.57 bits per heavy atom. The zero-order valence-electron chi connectivity index (χ0n) is 18.8. The van der Waals surface area contributed by atoms with Crippen molar-refractivity contribution in [2.24, 2.45) is 17.8 Å². The summed E-state index contributed by atoms with van der Waals surface area (Å²) in [5.74, 6) is -0.680. The smallest absolute Gasteiger partial charge is 0.407 e. The molecule has 178 valence electrons. The number of nitrogens with one attached hydrogen (secondary N) is 1. The number of benzene rings is 2. The molecule has 0 radical (unpaired) electrons. The highest BCUT2D eigenvalue weighted by atomic mass is 16.5. The van der Waals surface area contributed by atoms with Crippen molar-refractivity contribution in [3.8, 4) is 11.1 Å². The molecule has 8 nitrogen and oxygen atoms in total. The summed E-state index contributed by atoms with van der Waals surface area (Å²) >= 11 is 0. The fourth-order valence-corrected chi connectivity index (χ4v) is 5.61. The highest BCUT2D eigenvalue weighted by Gasteiger charge is 2.60. The minimum Gasteiger partial charge on any atom is -0.481 e. The Morgan fingerprint density at radius 1 is 0.943 bits per heavy atom. The van der Waals surface area contributed by atoms with Gasteiger partial charge in [-0.2, -0.15) is 0 Å². The molecular formula is C27H24N2O6. The van der Waals surface area contributed by atoms with Gasteiger partial charge in [-0.1, -0.05) is 48.5 Å². The van der Waals surface area contributed by atoms with E-state index in [1.807, 2.05) is 24.3 Å². The van der Waals surface area contributed by atoms with Gasteiger partial charge in [0.2, 0.25) is 0 Å². The van der Waals surface area contributed by atoms with Gasteiger partial charge in [0.1, 0.15) is 12.4 Å². The van der Waals surface area contributed by atoms with Crippen molar-refractivity contribution in [2.45, 2.75) is 12.5 Å². The van der Waals surface area contributed by atoms with E-state index in [0.717, 1.165) is 11.1 Å². The zero-order valence-corrected chi connectivity index (χ0v) is 18.8. The maximum absolute atomic E-state index is 12.7. The third-order valence-electron chi connectivity index (χ3n) is 7.39. The van der Waals surface area contributed by atoms with E-state index >= 15 is 0 Å². The van der Waals surface area contributed by atoms with Crippen LogP contribution in [0.2, 0.25) is 0 Å². The molecule has 2 aliphatic carbocycles. The summed E-state index contributed by atoms with van der Waals surface area (Å²) in [6, 6.07) is 19.5. The number of rotatable bonds is 6. The van der Waals surface area contributed by atoms with Crippen LogP contribution in [0.25, 0.3) is 11.1 Å². The van der Waals surface area contributed by atoms with Gasteiger partial charge in [0.05, 0.1) is 12.5 Å². The number of alkyl carbamates (subject to hydrolysis) is 1. The van der Waals surface area contributed by atoms with Crippen LogP contribution < -0.4 is 5.32 Å². The Bertz CT molecular complexity index is 1270. The van der Waals surface area contributed by atoms with Crippen LogP contribution in [0.5, 0.6) is 0 Å². The first-order chi connectivity index (χ1) is 17.0. The Morgan fingerprint density at radius 3 is 2.20 bits per heavy atom. The van der Waals surface area contributed by atoms with Gasteiger partial charge in [-0.15, -0.1) is 0 Å². The third-order valence-corrected chi connectivity index (χ3v) is 7.39. The van der Waals surface area contributed by atoms with Crippen LogP contribution in [0.3, 0.4) is 0 Å². The van der Waals surface area contributed by atoms with E-state index < -0.39 is 12.1 Å². The van der Waals surface area contributed by atoms with E-state index in [9.17, 15) is 14.4 Å². The molecule has 6 rings (SSSR count). The summed E-state index contributed by atoms with van der Waals surface area (Å²) in [5.41, 5.74) is 4.62. The van der Waals surface area contributed by atoms with Crippen LogP contribution >= 0.6 is 0 Å². The lowest BCUT2D eigenvalue weighted by atomic mass is 9.98. The highest BCUT2D eigenvalue weighted by molar-refractivity contribution is 5.92. The van der Waals surface area contributed by atoms with Crippen molar-refractivity contribution in [1.29, 1.82) is 0 Å². The number of piperidine rings is 1. The van der Waals surface area contributed by atoms with Gasteiger partial charge in [-0.05, 0) is 46.2 Å². The average molecular weight is 472 g/mol. The summed E-state index contributed by atoms with van der Waals surface area (Å²) in [6.07, 6.45) is -0.560. The SMILES string of the molecule is O=C(NCc1ccc(C(=O)N2CC3C(C2)C3C(=O)O)o1)OCC1c2ccccc2-c2ccccc21. The lowest BCUT2D eigenvalue weighted by Gasteiger charge is -2.17. The Kier molecular flexibility index (Phi) is 5.09. The first kappa shape index (κ1) is 21.5. The molecule has 2 aromatic carbocycles. The van der Waals surface area contributed by atoms with E-state index in [2.05, 4.69) is 29.6 Å². The Hall–Kier alpha value is -4.07. The second-order valence-electron chi connectivity index (χ2n) is 9.35. The van der Waals surface area contributed by atoms with Crippen LogP contribution in [0.1, 0.15) is 33.4 Å². The van der Waals surface area contributed by atoms with Crippen molar-refractivity contribution < 1.29 is 28.6 Å². The molecule has 1 aromatic heterocycles. The molecule has 2 amide bonds. The summed E-state index contributed by atoms with van der Waals surface area (Å²) in [6.45, 7) is 1.19. The number of carboxylic acid groups (broad SMARTS) is 1. The number of ether oxygens (including phenoxy) is 1. The van der Waals surface area contributed by atoms with Crippen molar-refractivity contribution in [1.82, 2.24) is 10.2 Å². The first-order valence-electron chi connectivity index (χ1n) is 11.7. The quantitative estimate of drug-likeness (QED) is 0.566. The normalized spacial score (nSPS) is 21.7. The predicted molar refractivity (Wildman–Crippen MR) is 125 cm³/mol. The Labute approximate surface area is 201 Å². The first-order valence-corrected chi connectivity index (χ1v) is 11.7. The maximum atomic E-state index is 12.7. The number of aliphatic carboxylic acids is 1. The number of furan rings is 1. The molecule has 2 atom stereocenters. The van der Waals surface area contributed by atoms with Crippen LogP contribution in [-0.2, 0) is 16.1 Å². The largest absolute Gasteiger partial charge is 0.481 e. The minimum atomic E-state index is -0.785. The van der Waals surface area contributed by atoms with Crippen molar-refractivity contribution in [3.63, 3.8) is 0 Å². The summed E-state index contributed by atoms with van der Waals surface area (Å²) in [4.78, 5) is 37.8. The molecule has 8 heteroatoms. The van der Waals surface area contributed by atoms with E-state index in [4.69, 9.17) is 14.3 Å². The number of carbonyl (C=O) groups excluding carboxylic acids is 2. The molecule has 0 bridgehead atoms. The number of hydrogen-bond donors (Lipinski definition) is 2. The van der Waals surface area contributed by atoms with Crippen molar-refractivity contribution >= 4 is 18.0 Å². The Balaban J connectivity index is 1.02. The van der Waals surface area contributed by atoms with E-state index in [1.165, 1.54) is 11.1 Å². The second-order valence-corrected chi connectivity index (χ2v) is 9.35. The summed E-state index contributed by atoms with van der Waals surface area (Å²) < 4.78 is 11.2. The van der Waals surface area contributed by atoms with Crippen LogP contribution in [0.15, 0.2) is 65.1 Å². The zero-order chi connectivity index (χ0) is 24.1. The van der Waals surface area contributed by atoms with Gasteiger partial charge in [-0.25, -0.2) is 4.79 Å². The van der Waals surface area contributed by atoms with Gasteiger partial charge in [-0.3, -0.25) is 9.59 Å². The molecule has 2 fully saturated rings. The van der Waals surface area contributed by atoms with Crippen molar-refractivity contribution in [3.05, 3.63) is 83.3 Å².